The summed E-state index contributed by atoms with van der Waals surface area (Å²) in [5.41, 5.74) is 7.59. The van der Waals surface area contributed by atoms with Gasteiger partial charge in [0.15, 0.2) is 0 Å². The average Bonchev–Trinajstić information content (AvgIpc) is 2.46. The van der Waals surface area contributed by atoms with E-state index in [1.54, 1.807) is 6.20 Å². The van der Waals surface area contributed by atoms with Crippen LogP contribution < -0.4 is 5.73 Å². The molecule has 0 spiro atoms. The molecule has 2 rings (SSSR count). The Kier molecular flexibility index (Phi) is 1.98. The first-order valence-corrected chi connectivity index (χ1v) is 4.44. The van der Waals surface area contributed by atoms with E-state index in [1.165, 1.54) is 0 Å². The molecule has 68 valence electrons. The van der Waals surface area contributed by atoms with Gasteiger partial charge in [-0.15, -0.1) is 0 Å². The Labute approximate surface area is 81.1 Å². The van der Waals surface area contributed by atoms with Crippen LogP contribution >= 0.6 is 11.6 Å². The van der Waals surface area contributed by atoms with Crippen molar-refractivity contribution in [3.05, 3.63) is 35.2 Å². The fraction of sp³-hybridized carbons (Fsp3) is 0.222. The number of aromatic nitrogens is 2. The van der Waals surface area contributed by atoms with Crippen LogP contribution in [0.25, 0.3) is 5.65 Å². The van der Waals surface area contributed by atoms with Gasteiger partial charge in [0, 0.05) is 17.3 Å². The molecule has 13 heavy (non-hydrogen) atoms. The molecular formula is C9H10ClN3. The quantitative estimate of drug-likeness (QED) is 0.757. The molecule has 0 saturated carbocycles. The van der Waals surface area contributed by atoms with Gasteiger partial charge in [-0.05, 0) is 19.1 Å². The molecule has 0 bridgehead atoms. The minimum Gasteiger partial charge on any atom is -0.323 e. The largest absolute Gasteiger partial charge is 0.323 e. The highest BCUT2D eigenvalue weighted by Gasteiger charge is 2.06. The number of nitrogens with two attached hydrogens (primary N) is 1. The van der Waals surface area contributed by atoms with Crippen LogP contribution in [0.1, 0.15) is 18.7 Å². The molecule has 1 atom stereocenters. The molecule has 0 saturated heterocycles. The third-order valence-corrected chi connectivity index (χ3v) is 2.21. The topological polar surface area (TPSA) is 43.3 Å². The van der Waals surface area contributed by atoms with Crippen molar-refractivity contribution >= 4 is 17.2 Å². The lowest BCUT2D eigenvalue weighted by Crippen LogP contribution is -2.07. The minimum atomic E-state index is -0.0174. The van der Waals surface area contributed by atoms with Crippen molar-refractivity contribution in [2.45, 2.75) is 13.0 Å². The molecule has 2 heterocycles. The zero-order valence-electron chi connectivity index (χ0n) is 7.24. The van der Waals surface area contributed by atoms with Gasteiger partial charge in [0.2, 0.25) is 0 Å². The first kappa shape index (κ1) is 8.53. The van der Waals surface area contributed by atoms with Gasteiger partial charge in [-0.2, -0.15) is 0 Å². The summed E-state index contributed by atoms with van der Waals surface area (Å²) in [5, 5.41) is 0.689. The van der Waals surface area contributed by atoms with Crippen molar-refractivity contribution in [1.29, 1.82) is 0 Å². The Hall–Kier alpha value is -1.06. The lowest BCUT2D eigenvalue weighted by molar-refractivity contribution is 0.769. The molecule has 0 aliphatic heterocycles. The van der Waals surface area contributed by atoms with Crippen LogP contribution in [0.2, 0.25) is 5.02 Å². The lowest BCUT2D eigenvalue weighted by Gasteiger charge is -2.04. The van der Waals surface area contributed by atoms with Crippen LogP contribution in [0.5, 0.6) is 0 Å². The Morgan fingerprint density at radius 3 is 3.08 bits per heavy atom. The summed E-state index contributed by atoms with van der Waals surface area (Å²) in [6.45, 7) is 1.93. The van der Waals surface area contributed by atoms with E-state index in [9.17, 15) is 0 Å². The highest BCUT2D eigenvalue weighted by atomic mass is 35.5. The molecule has 0 aliphatic rings. The maximum atomic E-state index is 5.82. The molecule has 0 fully saturated rings. The van der Waals surface area contributed by atoms with Crippen molar-refractivity contribution in [2.24, 2.45) is 5.73 Å². The van der Waals surface area contributed by atoms with E-state index in [2.05, 4.69) is 4.98 Å². The second-order valence-corrected chi connectivity index (χ2v) is 3.48. The van der Waals surface area contributed by atoms with Gasteiger partial charge >= 0.3 is 0 Å². The summed E-state index contributed by atoms with van der Waals surface area (Å²) in [7, 11) is 0. The first-order chi connectivity index (χ1) is 6.18. The van der Waals surface area contributed by atoms with Gasteiger partial charge in [-0.1, -0.05) is 11.6 Å². The second kappa shape index (κ2) is 3.01. The maximum Gasteiger partial charge on any atom is 0.138 e. The molecule has 1 unspecified atom stereocenters. The Bertz CT molecular complexity index is 433. The van der Waals surface area contributed by atoms with Gasteiger partial charge in [-0.3, -0.25) is 0 Å². The van der Waals surface area contributed by atoms with Crippen LogP contribution in [0.3, 0.4) is 0 Å². The number of imidazole rings is 1. The third kappa shape index (κ3) is 1.41. The summed E-state index contributed by atoms with van der Waals surface area (Å²) in [6, 6.07) is 3.62. The summed E-state index contributed by atoms with van der Waals surface area (Å²) >= 11 is 5.82. The number of hydrogen-bond acceptors (Lipinski definition) is 2. The summed E-state index contributed by atoms with van der Waals surface area (Å²) < 4.78 is 1.94. The minimum absolute atomic E-state index is 0.0174. The number of hydrogen-bond donors (Lipinski definition) is 1. The van der Waals surface area contributed by atoms with Crippen molar-refractivity contribution in [1.82, 2.24) is 9.38 Å². The van der Waals surface area contributed by atoms with Crippen molar-refractivity contribution < 1.29 is 0 Å². The van der Waals surface area contributed by atoms with Crippen LogP contribution in [-0.4, -0.2) is 9.38 Å². The Morgan fingerprint density at radius 1 is 1.62 bits per heavy atom. The van der Waals surface area contributed by atoms with E-state index >= 15 is 0 Å². The SMILES string of the molecule is CC(N)c1cnc2cc(Cl)ccn12. The van der Waals surface area contributed by atoms with Crippen LogP contribution in [0.15, 0.2) is 24.5 Å². The van der Waals surface area contributed by atoms with Gasteiger partial charge in [0.05, 0.1) is 11.9 Å². The number of pyridine rings is 1. The van der Waals surface area contributed by atoms with E-state index in [1.807, 2.05) is 29.7 Å². The summed E-state index contributed by atoms with van der Waals surface area (Å²) in [6.07, 6.45) is 3.65. The predicted molar refractivity (Wildman–Crippen MR) is 52.8 cm³/mol. The van der Waals surface area contributed by atoms with Gasteiger partial charge in [-0.25, -0.2) is 4.98 Å². The smallest absolute Gasteiger partial charge is 0.138 e. The number of nitrogens with zero attached hydrogens (tertiary/aromatic N) is 2. The lowest BCUT2D eigenvalue weighted by atomic mass is 10.3. The molecular weight excluding hydrogens is 186 g/mol. The zero-order chi connectivity index (χ0) is 9.42. The second-order valence-electron chi connectivity index (χ2n) is 3.04. The van der Waals surface area contributed by atoms with Gasteiger partial charge < -0.3 is 10.1 Å². The van der Waals surface area contributed by atoms with Crippen LogP contribution in [0.4, 0.5) is 0 Å². The van der Waals surface area contributed by atoms with E-state index < -0.39 is 0 Å². The molecule has 2 aromatic rings. The van der Waals surface area contributed by atoms with Gasteiger partial charge in [0.25, 0.3) is 0 Å². The monoisotopic (exact) mass is 195 g/mol. The van der Waals surface area contributed by atoms with Gasteiger partial charge in [0.1, 0.15) is 5.65 Å². The Morgan fingerprint density at radius 2 is 2.38 bits per heavy atom. The summed E-state index contributed by atoms with van der Waals surface area (Å²) in [4.78, 5) is 4.20. The molecule has 4 heteroatoms. The molecule has 2 N–H and O–H groups in total. The van der Waals surface area contributed by atoms with E-state index in [0.717, 1.165) is 11.3 Å². The highest BCUT2D eigenvalue weighted by Crippen LogP contribution is 2.16. The molecule has 2 aromatic heterocycles. The number of fused-ring (bicyclic) bond motifs is 1. The van der Waals surface area contributed by atoms with Crippen LogP contribution in [0, 0.1) is 0 Å². The predicted octanol–water partition coefficient (Wildman–Crippen LogP) is 2.01. The molecule has 0 amide bonds. The van der Waals surface area contributed by atoms with Crippen molar-refractivity contribution in [2.75, 3.05) is 0 Å². The Balaban J connectivity index is 2.69. The fourth-order valence-electron chi connectivity index (χ4n) is 1.31. The van der Waals surface area contributed by atoms with Crippen LogP contribution in [-0.2, 0) is 0 Å². The third-order valence-electron chi connectivity index (χ3n) is 1.97. The highest BCUT2D eigenvalue weighted by molar-refractivity contribution is 6.30. The zero-order valence-corrected chi connectivity index (χ0v) is 7.99. The maximum absolute atomic E-state index is 5.82. The average molecular weight is 196 g/mol. The molecule has 3 nitrogen and oxygen atoms in total. The van der Waals surface area contributed by atoms with E-state index in [4.69, 9.17) is 17.3 Å². The van der Waals surface area contributed by atoms with Crippen molar-refractivity contribution in [3.8, 4) is 0 Å². The van der Waals surface area contributed by atoms with E-state index in [-0.39, 0.29) is 6.04 Å². The molecule has 0 aliphatic carbocycles. The molecule has 0 radical (unpaired) electrons. The normalized spacial score (nSPS) is 13.5. The molecule has 0 aromatic carbocycles. The fourth-order valence-corrected chi connectivity index (χ4v) is 1.47. The first-order valence-electron chi connectivity index (χ1n) is 4.06. The standard InChI is InChI=1S/C9H10ClN3/c1-6(11)8-5-12-9-4-7(10)2-3-13(8)9/h2-6H,11H2,1H3. The number of halogens is 1. The van der Waals surface area contributed by atoms with E-state index in [0.29, 0.717) is 5.02 Å². The number of rotatable bonds is 1. The summed E-state index contributed by atoms with van der Waals surface area (Å²) in [5.74, 6) is 0. The van der Waals surface area contributed by atoms with Crippen molar-refractivity contribution in [3.63, 3.8) is 0 Å².